The van der Waals surface area contributed by atoms with Gasteiger partial charge in [-0.2, -0.15) is 0 Å². The van der Waals surface area contributed by atoms with Gasteiger partial charge in [0.15, 0.2) is 5.76 Å². The zero-order chi connectivity index (χ0) is 17.8. The summed E-state index contributed by atoms with van der Waals surface area (Å²) >= 11 is 0. The van der Waals surface area contributed by atoms with E-state index in [2.05, 4.69) is 15.2 Å². The number of benzene rings is 1. The number of rotatable bonds is 4. The van der Waals surface area contributed by atoms with Gasteiger partial charge >= 0.3 is 0 Å². The molecule has 26 heavy (non-hydrogen) atoms. The van der Waals surface area contributed by atoms with Crippen molar-refractivity contribution >= 4 is 5.91 Å². The number of hydrogen-bond donors (Lipinski definition) is 1. The molecule has 0 saturated carbocycles. The van der Waals surface area contributed by atoms with Crippen LogP contribution in [-0.2, 0) is 11.3 Å². The van der Waals surface area contributed by atoms with Crippen LogP contribution in [0.1, 0.15) is 18.7 Å². The van der Waals surface area contributed by atoms with E-state index in [4.69, 9.17) is 4.42 Å². The van der Waals surface area contributed by atoms with E-state index >= 15 is 0 Å². The lowest BCUT2D eigenvalue weighted by atomic mass is 9.98. The van der Waals surface area contributed by atoms with Crippen LogP contribution in [0.2, 0.25) is 0 Å². The Labute approximate surface area is 154 Å². The maximum absolute atomic E-state index is 12.6. The number of carbonyl (C=O) groups excluding carboxylic acids is 1. The van der Waals surface area contributed by atoms with Crippen molar-refractivity contribution in [1.82, 2.24) is 20.1 Å². The maximum Gasteiger partial charge on any atom is 0.227 e. The van der Waals surface area contributed by atoms with Gasteiger partial charge in [-0.25, -0.2) is 4.98 Å². The summed E-state index contributed by atoms with van der Waals surface area (Å²) in [7, 11) is 0. The van der Waals surface area contributed by atoms with Crippen LogP contribution in [0.25, 0.3) is 11.3 Å². The standard InChI is InChI=1S/C20H26N4O2/c25-20(17-7-4-8-21-13-17)24-11-9-23(10-12-24)15-19-22-14-18(26-19)16-5-2-1-3-6-16/h1-3,5-6,14,17,21H,4,7-13,15H2. The molecule has 1 aromatic heterocycles. The second-order valence-corrected chi connectivity index (χ2v) is 7.13. The minimum atomic E-state index is 0.162. The quantitative estimate of drug-likeness (QED) is 0.910. The fourth-order valence-electron chi connectivity index (χ4n) is 3.76. The van der Waals surface area contributed by atoms with Crippen LogP contribution in [0.15, 0.2) is 40.9 Å². The van der Waals surface area contributed by atoms with E-state index in [1.807, 2.05) is 35.2 Å². The lowest BCUT2D eigenvalue weighted by Gasteiger charge is -2.36. The molecular formula is C20H26N4O2. The number of oxazole rings is 1. The number of piperazine rings is 1. The molecule has 0 aliphatic carbocycles. The molecule has 6 heteroatoms. The molecule has 3 heterocycles. The molecule has 138 valence electrons. The third kappa shape index (κ3) is 3.97. The van der Waals surface area contributed by atoms with Crippen molar-refractivity contribution in [2.75, 3.05) is 39.3 Å². The van der Waals surface area contributed by atoms with Crippen LogP contribution in [0.5, 0.6) is 0 Å². The minimum absolute atomic E-state index is 0.162. The van der Waals surface area contributed by atoms with E-state index in [1.54, 1.807) is 6.20 Å². The Balaban J connectivity index is 1.29. The monoisotopic (exact) mass is 354 g/mol. The van der Waals surface area contributed by atoms with E-state index in [0.717, 1.165) is 69.3 Å². The largest absolute Gasteiger partial charge is 0.439 e. The predicted octanol–water partition coefficient (Wildman–Crippen LogP) is 1.99. The fraction of sp³-hybridized carbons (Fsp3) is 0.500. The second kappa shape index (κ2) is 8.01. The van der Waals surface area contributed by atoms with Crippen LogP contribution >= 0.6 is 0 Å². The highest BCUT2D eigenvalue weighted by Crippen LogP contribution is 2.21. The van der Waals surface area contributed by atoms with Gasteiger partial charge in [0.05, 0.1) is 18.7 Å². The third-order valence-electron chi connectivity index (χ3n) is 5.30. The molecule has 4 rings (SSSR count). The minimum Gasteiger partial charge on any atom is -0.439 e. The molecule has 1 amide bonds. The van der Waals surface area contributed by atoms with Crippen molar-refractivity contribution in [2.45, 2.75) is 19.4 Å². The van der Waals surface area contributed by atoms with Crippen LogP contribution in [-0.4, -0.2) is 60.0 Å². The van der Waals surface area contributed by atoms with Crippen molar-refractivity contribution in [2.24, 2.45) is 5.92 Å². The van der Waals surface area contributed by atoms with Gasteiger partial charge in [0.2, 0.25) is 11.8 Å². The van der Waals surface area contributed by atoms with Gasteiger partial charge in [0.1, 0.15) is 0 Å². The molecule has 2 aliphatic heterocycles. The van der Waals surface area contributed by atoms with Gasteiger partial charge in [-0.15, -0.1) is 0 Å². The Morgan fingerprint density at radius 1 is 1.19 bits per heavy atom. The third-order valence-corrected chi connectivity index (χ3v) is 5.30. The molecule has 2 aromatic rings. The number of nitrogens with one attached hydrogen (secondary N) is 1. The molecule has 2 fully saturated rings. The molecule has 1 aromatic carbocycles. The summed E-state index contributed by atoms with van der Waals surface area (Å²) in [4.78, 5) is 21.4. The summed E-state index contributed by atoms with van der Waals surface area (Å²) in [6.45, 7) is 5.89. The molecule has 6 nitrogen and oxygen atoms in total. The lowest BCUT2D eigenvalue weighted by Crippen LogP contribution is -2.51. The number of aromatic nitrogens is 1. The van der Waals surface area contributed by atoms with Crippen LogP contribution in [0.4, 0.5) is 0 Å². The Kier molecular flexibility index (Phi) is 5.32. The molecule has 0 bridgehead atoms. The number of hydrogen-bond acceptors (Lipinski definition) is 5. The Morgan fingerprint density at radius 3 is 2.73 bits per heavy atom. The van der Waals surface area contributed by atoms with Gasteiger partial charge in [0, 0.05) is 38.3 Å². The first-order valence-electron chi connectivity index (χ1n) is 9.51. The normalized spacial score (nSPS) is 21.7. The van der Waals surface area contributed by atoms with Gasteiger partial charge in [0.25, 0.3) is 0 Å². The zero-order valence-corrected chi connectivity index (χ0v) is 15.1. The van der Waals surface area contributed by atoms with Gasteiger partial charge in [-0.3, -0.25) is 9.69 Å². The first-order valence-corrected chi connectivity index (χ1v) is 9.51. The predicted molar refractivity (Wildman–Crippen MR) is 99.4 cm³/mol. The summed E-state index contributed by atoms with van der Waals surface area (Å²) in [5, 5.41) is 3.33. The molecule has 1 unspecified atom stereocenters. The van der Waals surface area contributed by atoms with E-state index in [0.29, 0.717) is 12.5 Å². The van der Waals surface area contributed by atoms with Crippen molar-refractivity contribution < 1.29 is 9.21 Å². The summed E-state index contributed by atoms with van der Waals surface area (Å²) in [5.74, 6) is 2.02. The molecule has 0 radical (unpaired) electrons. The van der Waals surface area contributed by atoms with Gasteiger partial charge in [-0.1, -0.05) is 30.3 Å². The highest BCUT2D eigenvalue weighted by atomic mass is 16.4. The summed E-state index contributed by atoms with van der Waals surface area (Å²) < 4.78 is 5.90. The molecule has 0 spiro atoms. The first kappa shape index (κ1) is 17.2. The smallest absolute Gasteiger partial charge is 0.227 e. The average molecular weight is 354 g/mol. The Morgan fingerprint density at radius 2 is 2.00 bits per heavy atom. The number of amides is 1. The van der Waals surface area contributed by atoms with E-state index < -0.39 is 0 Å². The van der Waals surface area contributed by atoms with Crippen LogP contribution < -0.4 is 5.32 Å². The van der Waals surface area contributed by atoms with E-state index in [-0.39, 0.29) is 5.92 Å². The van der Waals surface area contributed by atoms with Gasteiger partial charge < -0.3 is 14.6 Å². The second-order valence-electron chi connectivity index (χ2n) is 7.13. The molecule has 2 saturated heterocycles. The SMILES string of the molecule is O=C(C1CCCNC1)N1CCN(Cc2ncc(-c3ccccc3)o2)CC1. The summed E-state index contributed by atoms with van der Waals surface area (Å²) in [5.41, 5.74) is 1.04. The lowest BCUT2D eigenvalue weighted by molar-refractivity contribution is -0.137. The van der Waals surface area contributed by atoms with Gasteiger partial charge in [-0.05, 0) is 19.4 Å². The molecular weight excluding hydrogens is 328 g/mol. The highest BCUT2D eigenvalue weighted by Gasteiger charge is 2.28. The topological polar surface area (TPSA) is 61.6 Å². The van der Waals surface area contributed by atoms with E-state index in [9.17, 15) is 4.79 Å². The molecule has 2 aliphatic rings. The number of carbonyl (C=O) groups is 1. The van der Waals surface area contributed by atoms with Crippen molar-refractivity contribution in [3.63, 3.8) is 0 Å². The Bertz CT molecular complexity index is 716. The zero-order valence-electron chi connectivity index (χ0n) is 15.1. The van der Waals surface area contributed by atoms with Crippen LogP contribution in [0.3, 0.4) is 0 Å². The van der Waals surface area contributed by atoms with Crippen molar-refractivity contribution in [1.29, 1.82) is 0 Å². The molecule has 1 atom stereocenters. The van der Waals surface area contributed by atoms with Crippen LogP contribution in [0, 0.1) is 5.92 Å². The van der Waals surface area contributed by atoms with Crippen molar-refractivity contribution in [3.05, 3.63) is 42.4 Å². The Hall–Kier alpha value is -2.18. The van der Waals surface area contributed by atoms with E-state index in [1.165, 1.54) is 0 Å². The summed E-state index contributed by atoms with van der Waals surface area (Å²) in [6, 6.07) is 10.0. The highest BCUT2D eigenvalue weighted by molar-refractivity contribution is 5.79. The number of piperidine rings is 1. The fourth-order valence-corrected chi connectivity index (χ4v) is 3.76. The average Bonchev–Trinajstić information content (AvgIpc) is 3.18. The van der Waals surface area contributed by atoms with Crippen molar-refractivity contribution in [3.8, 4) is 11.3 Å². The first-order chi connectivity index (χ1) is 12.8. The maximum atomic E-state index is 12.6. The number of nitrogens with zero attached hydrogens (tertiary/aromatic N) is 3. The molecule has 1 N–H and O–H groups in total. The summed E-state index contributed by atoms with van der Waals surface area (Å²) in [6.07, 6.45) is 3.91.